The van der Waals surface area contributed by atoms with Gasteiger partial charge in [0.05, 0.1) is 26.4 Å². The number of hydrogen-bond acceptors (Lipinski definition) is 6. The van der Waals surface area contributed by atoms with Crippen LogP contribution in [0.2, 0.25) is 5.02 Å². The number of carbonyl (C=O) groups excluding carboxylic acids is 1. The molecule has 0 aliphatic carbocycles. The lowest BCUT2D eigenvalue weighted by atomic mass is 9.92. The maximum absolute atomic E-state index is 13.1. The van der Waals surface area contributed by atoms with Crippen molar-refractivity contribution >= 4 is 28.6 Å². The van der Waals surface area contributed by atoms with Gasteiger partial charge in [-0.3, -0.25) is 9.80 Å². The number of aromatic nitrogens is 1. The number of morpholine rings is 1. The normalized spacial score (nSPS) is 17.9. The molecule has 1 atom stereocenters. The number of amides is 1. The van der Waals surface area contributed by atoms with Gasteiger partial charge in [0.2, 0.25) is 0 Å². The van der Waals surface area contributed by atoms with Crippen molar-refractivity contribution in [1.82, 2.24) is 14.8 Å². The lowest BCUT2D eigenvalue weighted by molar-refractivity contribution is 0.0368. The number of nitrogens with one attached hydrogen (secondary N) is 1. The molecule has 204 valence electrons. The van der Waals surface area contributed by atoms with Crippen LogP contribution < -0.4 is 4.74 Å². The lowest BCUT2D eigenvalue weighted by Gasteiger charge is -2.35. The standard InChI is InChI=1S/C29H36ClN3O5/c1-35-18-19-38-29(34)33-12-10-24-25-20-22(30)6-9-26(25)31-27(24)28(33)21-4-7-23(8-5-21)37-15-3-2-11-32-13-16-36-17-14-32/h4-9,20,28,31H,2-3,10-19H2,1H3. The van der Waals surface area contributed by atoms with Gasteiger partial charge in [0.1, 0.15) is 18.4 Å². The molecule has 3 heterocycles. The van der Waals surface area contributed by atoms with E-state index < -0.39 is 0 Å². The molecular weight excluding hydrogens is 506 g/mol. The predicted octanol–water partition coefficient (Wildman–Crippen LogP) is 5.04. The fraction of sp³-hybridized carbons (Fsp3) is 0.483. The van der Waals surface area contributed by atoms with Gasteiger partial charge in [0, 0.05) is 48.4 Å². The molecule has 1 amide bonds. The highest BCUT2D eigenvalue weighted by Gasteiger charge is 2.35. The molecule has 8 nitrogen and oxygen atoms in total. The van der Waals surface area contributed by atoms with Gasteiger partial charge in [-0.05, 0) is 67.3 Å². The zero-order valence-electron chi connectivity index (χ0n) is 21.9. The zero-order valence-corrected chi connectivity index (χ0v) is 22.7. The first kappa shape index (κ1) is 26.8. The molecule has 1 N–H and O–H groups in total. The Labute approximate surface area is 228 Å². The summed E-state index contributed by atoms with van der Waals surface area (Å²) in [6.07, 6.45) is 2.48. The number of H-pyrrole nitrogens is 1. The average molecular weight is 542 g/mol. The number of fused-ring (bicyclic) bond motifs is 3. The van der Waals surface area contributed by atoms with Crippen LogP contribution in [0.4, 0.5) is 4.79 Å². The fourth-order valence-electron chi connectivity index (χ4n) is 5.30. The van der Waals surface area contributed by atoms with E-state index in [-0.39, 0.29) is 18.7 Å². The van der Waals surface area contributed by atoms with Crippen molar-refractivity contribution in [1.29, 1.82) is 0 Å². The zero-order chi connectivity index (χ0) is 26.3. The van der Waals surface area contributed by atoms with E-state index in [0.29, 0.717) is 24.8 Å². The third-order valence-electron chi connectivity index (χ3n) is 7.27. The summed E-state index contributed by atoms with van der Waals surface area (Å²) in [4.78, 5) is 20.9. The van der Waals surface area contributed by atoms with Gasteiger partial charge in [-0.25, -0.2) is 4.79 Å². The van der Waals surface area contributed by atoms with Crippen LogP contribution in [0.15, 0.2) is 42.5 Å². The van der Waals surface area contributed by atoms with Crippen molar-refractivity contribution in [2.45, 2.75) is 25.3 Å². The molecule has 9 heteroatoms. The fourth-order valence-corrected chi connectivity index (χ4v) is 5.47. The summed E-state index contributed by atoms with van der Waals surface area (Å²) in [7, 11) is 1.59. The molecule has 1 fully saturated rings. The number of aromatic amines is 1. The van der Waals surface area contributed by atoms with E-state index in [1.807, 2.05) is 42.5 Å². The number of methoxy groups -OCH3 is 1. The predicted molar refractivity (Wildman–Crippen MR) is 147 cm³/mol. The number of unbranched alkanes of at least 4 members (excludes halogenated alkanes) is 1. The third-order valence-corrected chi connectivity index (χ3v) is 7.51. The van der Waals surface area contributed by atoms with Crippen LogP contribution in [0.3, 0.4) is 0 Å². The number of rotatable bonds is 10. The molecule has 0 radical (unpaired) electrons. The Morgan fingerprint density at radius 1 is 1.05 bits per heavy atom. The highest BCUT2D eigenvalue weighted by molar-refractivity contribution is 6.31. The molecule has 0 spiro atoms. The lowest BCUT2D eigenvalue weighted by Crippen LogP contribution is -2.41. The minimum Gasteiger partial charge on any atom is -0.494 e. The number of halogens is 1. The summed E-state index contributed by atoms with van der Waals surface area (Å²) in [5, 5.41) is 1.80. The van der Waals surface area contributed by atoms with Crippen LogP contribution >= 0.6 is 11.6 Å². The van der Waals surface area contributed by atoms with Crippen molar-refractivity contribution in [3.8, 4) is 5.75 Å². The summed E-state index contributed by atoms with van der Waals surface area (Å²) in [5.74, 6) is 0.828. The molecule has 5 rings (SSSR count). The number of carbonyl (C=O) groups is 1. The van der Waals surface area contributed by atoms with Crippen LogP contribution in [0.5, 0.6) is 5.75 Å². The molecule has 1 saturated heterocycles. The minimum atomic E-state index is -0.352. The van der Waals surface area contributed by atoms with Gasteiger partial charge < -0.3 is 23.9 Å². The molecule has 1 aromatic heterocycles. The van der Waals surface area contributed by atoms with Gasteiger partial charge in [-0.15, -0.1) is 0 Å². The van der Waals surface area contributed by atoms with E-state index in [9.17, 15) is 4.79 Å². The Bertz CT molecular complexity index is 1210. The molecular formula is C29H36ClN3O5. The van der Waals surface area contributed by atoms with Crippen LogP contribution in [0, 0.1) is 0 Å². The first-order valence-electron chi connectivity index (χ1n) is 13.4. The quantitative estimate of drug-likeness (QED) is 0.362. The van der Waals surface area contributed by atoms with Crippen molar-refractivity contribution in [3.05, 3.63) is 64.3 Å². The smallest absolute Gasteiger partial charge is 0.410 e. The van der Waals surface area contributed by atoms with Crippen LogP contribution in [-0.4, -0.2) is 87.2 Å². The molecule has 2 aliphatic rings. The number of benzene rings is 2. The Kier molecular flexibility index (Phi) is 9.06. The van der Waals surface area contributed by atoms with Crippen molar-refractivity contribution in [2.75, 3.05) is 66.3 Å². The third kappa shape index (κ3) is 6.26. The summed E-state index contributed by atoms with van der Waals surface area (Å²) >= 11 is 6.31. The Balaban J connectivity index is 1.29. The largest absolute Gasteiger partial charge is 0.494 e. The van der Waals surface area contributed by atoms with E-state index in [1.165, 1.54) is 5.56 Å². The van der Waals surface area contributed by atoms with Crippen molar-refractivity contribution < 1.29 is 23.7 Å². The molecule has 38 heavy (non-hydrogen) atoms. The van der Waals surface area contributed by atoms with E-state index in [4.69, 9.17) is 30.5 Å². The van der Waals surface area contributed by atoms with Gasteiger partial charge in [0.25, 0.3) is 0 Å². The van der Waals surface area contributed by atoms with E-state index in [0.717, 1.165) is 80.0 Å². The van der Waals surface area contributed by atoms with Gasteiger partial charge >= 0.3 is 6.09 Å². The highest BCUT2D eigenvalue weighted by Crippen LogP contribution is 2.39. The minimum absolute atomic E-state index is 0.214. The molecule has 0 bridgehead atoms. The molecule has 0 saturated carbocycles. The highest BCUT2D eigenvalue weighted by atomic mass is 35.5. The van der Waals surface area contributed by atoms with Crippen LogP contribution in [0.1, 0.15) is 35.7 Å². The first-order chi connectivity index (χ1) is 18.6. The average Bonchev–Trinajstić information content (AvgIpc) is 3.31. The Morgan fingerprint density at radius 3 is 2.66 bits per heavy atom. The second-order valence-electron chi connectivity index (χ2n) is 9.74. The second-order valence-corrected chi connectivity index (χ2v) is 10.2. The topological polar surface area (TPSA) is 76.3 Å². The molecule has 3 aromatic rings. The summed E-state index contributed by atoms with van der Waals surface area (Å²) in [6, 6.07) is 13.6. The summed E-state index contributed by atoms with van der Waals surface area (Å²) in [5.41, 5.74) is 4.19. The van der Waals surface area contributed by atoms with Gasteiger partial charge in [-0.1, -0.05) is 23.7 Å². The number of ether oxygens (including phenoxy) is 4. The van der Waals surface area contributed by atoms with Crippen LogP contribution in [0.25, 0.3) is 10.9 Å². The van der Waals surface area contributed by atoms with E-state index >= 15 is 0 Å². The monoisotopic (exact) mass is 541 g/mol. The molecule has 2 aliphatic heterocycles. The Hall–Kier alpha value is -2.78. The number of nitrogens with zero attached hydrogens (tertiary/aromatic N) is 2. The van der Waals surface area contributed by atoms with Crippen LogP contribution in [-0.2, 0) is 20.6 Å². The summed E-state index contributed by atoms with van der Waals surface area (Å²) in [6.45, 7) is 6.59. The van der Waals surface area contributed by atoms with E-state index in [1.54, 1.807) is 12.0 Å². The van der Waals surface area contributed by atoms with Crippen molar-refractivity contribution in [2.24, 2.45) is 0 Å². The van der Waals surface area contributed by atoms with Gasteiger partial charge in [0.15, 0.2) is 0 Å². The van der Waals surface area contributed by atoms with E-state index in [2.05, 4.69) is 9.88 Å². The van der Waals surface area contributed by atoms with Gasteiger partial charge in [-0.2, -0.15) is 0 Å². The SMILES string of the molecule is COCCOC(=O)N1CCc2c([nH]c3ccc(Cl)cc23)C1c1ccc(OCCCCN2CCOCC2)cc1. The summed E-state index contributed by atoms with van der Waals surface area (Å²) < 4.78 is 22.0. The Morgan fingerprint density at radius 2 is 1.87 bits per heavy atom. The maximum Gasteiger partial charge on any atom is 0.410 e. The maximum atomic E-state index is 13.1. The molecule has 1 unspecified atom stereocenters. The number of hydrogen-bond donors (Lipinski definition) is 1. The molecule has 2 aromatic carbocycles. The second kappa shape index (κ2) is 12.8. The first-order valence-corrected chi connectivity index (χ1v) is 13.8. The van der Waals surface area contributed by atoms with Crippen molar-refractivity contribution in [3.63, 3.8) is 0 Å².